The highest BCUT2D eigenvalue weighted by Crippen LogP contribution is 2.33. The second-order valence-electron chi connectivity index (χ2n) is 4.97. The average Bonchev–Trinajstić information content (AvgIpc) is 2.18. The number of hydrogen-bond donors (Lipinski definition) is 0. The number of halogens is 1. The van der Waals surface area contributed by atoms with E-state index in [2.05, 4.69) is 32.1 Å². The molecule has 0 atom stereocenters. The Morgan fingerprint density at radius 2 is 1.88 bits per heavy atom. The van der Waals surface area contributed by atoms with E-state index in [-0.39, 0.29) is 0 Å². The molecule has 1 aromatic carbocycles. The van der Waals surface area contributed by atoms with E-state index in [4.69, 9.17) is 11.6 Å². The molecule has 2 rings (SSSR count). The third kappa shape index (κ3) is 2.68. The molecule has 1 aliphatic carbocycles. The fourth-order valence-corrected chi connectivity index (χ4v) is 2.25. The minimum Gasteiger partial charge on any atom is -0.0843 e. The van der Waals surface area contributed by atoms with E-state index in [9.17, 15) is 0 Å². The van der Waals surface area contributed by atoms with Crippen molar-refractivity contribution in [1.29, 1.82) is 0 Å². The molecule has 1 fully saturated rings. The molecule has 0 unspecified atom stereocenters. The van der Waals surface area contributed by atoms with Crippen LogP contribution in [0.4, 0.5) is 0 Å². The zero-order chi connectivity index (χ0) is 11.5. The van der Waals surface area contributed by atoms with Gasteiger partial charge < -0.3 is 0 Å². The SMILES string of the molecule is CC(C)C(=CC1CCC1)c1ccc(Cl)cc1. The Balaban J connectivity index is 2.24. The Bertz CT molecular complexity index is 369. The number of benzene rings is 1. The van der Waals surface area contributed by atoms with Gasteiger partial charge in [-0.15, -0.1) is 0 Å². The number of hydrogen-bond acceptors (Lipinski definition) is 0. The second kappa shape index (κ2) is 5.05. The Kier molecular flexibility index (Phi) is 3.70. The Hall–Kier alpha value is -0.750. The molecule has 0 aromatic heterocycles. The van der Waals surface area contributed by atoms with Crippen LogP contribution in [0.15, 0.2) is 30.3 Å². The summed E-state index contributed by atoms with van der Waals surface area (Å²) in [6, 6.07) is 8.22. The van der Waals surface area contributed by atoms with Crippen LogP contribution in [-0.4, -0.2) is 0 Å². The van der Waals surface area contributed by atoms with Crippen LogP contribution in [0, 0.1) is 11.8 Å². The van der Waals surface area contributed by atoms with Gasteiger partial charge in [0.2, 0.25) is 0 Å². The first-order valence-electron chi connectivity index (χ1n) is 6.14. The zero-order valence-electron chi connectivity index (χ0n) is 10.0. The van der Waals surface area contributed by atoms with Crippen molar-refractivity contribution < 1.29 is 0 Å². The van der Waals surface area contributed by atoms with Gasteiger partial charge in [0.15, 0.2) is 0 Å². The predicted molar refractivity (Wildman–Crippen MR) is 71.6 cm³/mol. The molecule has 0 spiro atoms. The molecule has 0 bridgehead atoms. The number of rotatable bonds is 3. The standard InChI is InChI=1S/C15H19Cl/c1-11(2)15(10-12-4-3-5-12)13-6-8-14(16)9-7-13/h6-12H,3-5H2,1-2H3. The van der Waals surface area contributed by atoms with Crippen LogP contribution in [0.5, 0.6) is 0 Å². The van der Waals surface area contributed by atoms with Crippen LogP contribution >= 0.6 is 11.6 Å². The van der Waals surface area contributed by atoms with Gasteiger partial charge in [0.05, 0.1) is 0 Å². The summed E-state index contributed by atoms with van der Waals surface area (Å²) in [6.45, 7) is 4.53. The molecule has 0 radical (unpaired) electrons. The van der Waals surface area contributed by atoms with Gasteiger partial charge in [0, 0.05) is 5.02 Å². The number of allylic oxidation sites excluding steroid dienone is 2. The van der Waals surface area contributed by atoms with E-state index in [1.165, 1.54) is 30.4 Å². The van der Waals surface area contributed by atoms with Crippen molar-refractivity contribution >= 4 is 17.2 Å². The molecule has 1 aliphatic rings. The molecule has 0 saturated heterocycles. The first-order valence-corrected chi connectivity index (χ1v) is 6.52. The lowest BCUT2D eigenvalue weighted by Crippen LogP contribution is -2.09. The van der Waals surface area contributed by atoms with Crippen LogP contribution in [0.25, 0.3) is 5.57 Å². The lowest BCUT2D eigenvalue weighted by molar-refractivity contribution is 0.387. The molecule has 0 amide bonds. The molecule has 0 nitrogen and oxygen atoms in total. The van der Waals surface area contributed by atoms with Gasteiger partial charge in [0.1, 0.15) is 0 Å². The first-order chi connectivity index (χ1) is 7.66. The van der Waals surface area contributed by atoms with E-state index in [1.807, 2.05) is 12.1 Å². The van der Waals surface area contributed by atoms with Crippen LogP contribution in [0.2, 0.25) is 5.02 Å². The van der Waals surface area contributed by atoms with Gasteiger partial charge >= 0.3 is 0 Å². The third-order valence-corrected chi connectivity index (χ3v) is 3.62. The largest absolute Gasteiger partial charge is 0.0843 e. The van der Waals surface area contributed by atoms with Gasteiger partial charge in [0.25, 0.3) is 0 Å². The van der Waals surface area contributed by atoms with Gasteiger partial charge in [-0.3, -0.25) is 0 Å². The summed E-state index contributed by atoms with van der Waals surface area (Å²) in [5, 5.41) is 0.815. The topological polar surface area (TPSA) is 0 Å². The molecule has 1 aromatic rings. The molecule has 16 heavy (non-hydrogen) atoms. The molecule has 0 N–H and O–H groups in total. The minimum atomic E-state index is 0.585. The van der Waals surface area contributed by atoms with Crippen molar-refractivity contribution in [1.82, 2.24) is 0 Å². The summed E-state index contributed by atoms with van der Waals surface area (Å²) in [7, 11) is 0. The summed E-state index contributed by atoms with van der Waals surface area (Å²) < 4.78 is 0. The maximum atomic E-state index is 5.92. The highest BCUT2D eigenvalue weighted by molar-refractivity contribution is 6.30. The van der Waals surface area contributed by atoms with Crippen LogP contribution < -0.4 is 0 Å². The highest BCUT2D eigenvalue weighted by Gasteiger charge is 2.17. The Morgan fingerprint density at radius 3 is 2.31 bits per heavy atom. The molecule has 86 valence electrons. The molecular weight excluding hydrogens is 216 g/mol. The highest BCUT2D eigenvalue weighted by atomic mass is 35.5. The van der Waals surface area contributed by atoms with Crippen LogP contribution in [0.3, 0.4) is 0 Å². The summed E-state index contributed by atoms with van der Waals surface area (Å²) in [4.78, 5) is 0. The van der Waals surface area contributed by atoms with Crippen molar-refractivity contribution in [3.8, 4) is 0 Å². The minimum absolute atomic E-state index is 0.585. The fourth-order valence-electron chi connectivity index (χ4n) is 2.12. The van der Waals surface area contributed by atoms with E-state index in [0.29, 0.717) is 5.92 Å². The Morgan fingerprint density at radius 1 is 1.25 bits per heavy atom. The molecule has 1 saturated carbocycles. The van der Waals surface area contributed by atoms with Crippen molar-refractivity contribution in [2.24, 2.45) is 11.8 Å². The van der Waals surface area contributed by atoms with Crippen LogP contribution in [-0.2, 0) is 0 Å². The van der Waals surface area contributed by atoms with Gasteiger partial charge in [-0.25, -0.2) is 0 Å². The predicted octanol–water partition coefficient (Wildman–Crippen LogP) is 5.18. The zero-order valence-corrected chi connectivity index (χ0v) is 10.8. The summed E-state index contributed by atoms with van der Waals surface area (Å²) >= 11 is 5.92. The van der Waals surface area contributed by atoms with Crippen molar-refractivity contribution in [3.05, 3.63) is 40.9 Å². The van der Waals surface area contributed by atoms with Gasteiger partial charge in [-0.2, -0.15) is 0 Å². The molecule has 0 aliphatic heterocycles. The van der Waals surface area contributed by atoms with Crippen LogP contribution in [0.1, 0.15) is 38.7 Å². The van der Waals surface area contributed by atoms with Crippen molar-refractivity contribution in [2.75, 3.05) is 0 Å². The molecule has 1 heteroatoms. The quantitative estimate of drug-likeness (QED) is 0.676. The van der Waals surface area contributed by atoms with Gasteiger partial charge in [-0.1, -0.05) is 50.1 Å². The first kappa shape index (κ1) is 11.7. The third-order valence-electron chi connectivity index (χ3n) is 3.36. The summed E-state index contributed by atoms with van der Waals surface area (Å²) in [5.41, 5.74) is 2.80. The van der Waals surface area contributed by atoms with Gasteiger partial charge in [-0.05, 0) is 47.9 Å². The van der Waals surface area contributed by atoms with Crippen molar-refractivity contribution in [2.45, 2.75) is 33.1 Å². The maximum Gasteiger partial charge on any atom is 0.0406 e. The van der Waals surface area contributed by atoms with Crippen molar-refractivity contribution in [3.63, 3.8) is 0 Å². The second-order valence-corrected chi connectivity index (χ2v) is 5.41. The smallest absolute Gasteiger partial charge is 0.0406 e. The normalized spacial score (nSPS) is 17.6. The summed E-state index contributed by atoms with van der Waals surface area (Å²) in [6.07, 6.45) is 6.60. The summed E-state index contributed by atoms with van der Waals surface area (Å²) in [5.74, 6) is 1.40. The lowest BCUT2D eigenvalue weighted by Gasteiger charge is -2.24. The monoisotopic (exact) mass is 234 g/mol. The lowest BCUT2D eigenvalue weighted by atomic mass is 9.81. The fraction of sp³-hybridized carbons (Fsp3) is 0.467. The van der Waals surface area contributed by atoms with E-state index in [0.717, 1.165) is 10.9 Å². The maximum absolute atomic E-state index is 5.92. The van der Waals surface area contributed by atoms with E-state index in [1.54, 1.807) is 0 Å². The van der Waals surface area contributed by atoms with E-state index >= 15 is 0 Å². The Labute approximate surface area is 103 Å². The molecule has 0 heterocycles. The average molecular weight is 235 g/mol. The van der Waals surface area contributed by atoms with E-state index < -0.39 is 0 Å². The molecular formula is C15H19Cl.